The zero-order valence-corrected chi connectivity index (χ0v) is 10.9. The van der Waals surface area contributed by atoms with Gasteiger partial charge in [0.2, 0.25) is 5.91 Å². The van der Waals surface area contributed by atoms with Crippen LogP contribution in [0.15, 0.2) is 24.3 Å². The highest BCUT2D eigenvalue weighted by Gasteiger charge is 2.23. The maximum Gasteiger partial charge on any atom is 0.229 e. The quantitative estimate of drug-likeness (QED) is 0.817. The van der Waals surface area contributed by atoms with E-state index in [1.54, 1.807) is 7.11 Å². The molecule has 4 nitrogen and oxygen atoms in total. The van der Waals surface area contributed by atoms with Gasteiger partial charge in [-0.3, -0.25) is 4.79 Å². The van der Waals surface area contributed by atoms with E-state index in [4.69, 9.17) is 9.47 Å². The fourth-order valence-corrected chi connectivity index (χ4v) is 2.09. The monoisotopic (exact) mass is 249 g/mol. The number of benzene rings is 1. The molecule has 0 bridgehead atoms. The van der Waals surface area contributed by atoms with E-state index in [1.165, 1.54) is 0 Å². The summed E-state index contributed by atoms with van der Waals surface area (Å²) in [5, 5.41) is 0. The lowest BCUT2D eigenvalue weighted by atomic mass is 9.99. The van der Waals surface area contributed by atoms with Gasteiger partial charge in [0.15, 0.2) is 0 Å². The Morgan fingerprint density at radius 3 is 2.44 bits per heavy atom. The van der Waals surface area contributed by atoms with Gasteiger partial charge in [0.05, 0.1) is 26.2 Å². The van der Waals surface area contributed by atoms with Crippen molar-refractivity contribution in [1.82, 2.24) is 4.90 Å². The predicted molar refractivity (Wildman–Crippen MR) is 68.8 cm³/mol. The molecule has 1 unspecified atom stereocenters. The van der Waals surface area contributed by atoms with E-state index in [0.29, 0.717) is 26.3 Å². The first kappa shape index (κ1) is 12.9. The van der Waals surface area contributed by atoms with Gasteiger partial charge in [-0.1, -0.05) is 12.1 Å². The molecule has 1 aromatic carbocycles. The molecule has 0 saturated carbocycles. The van der Waals surface area contributed by atoms with E-state index < -0.39 is 0 Å². The Bertz CT molecular complexity index is 396. The second-order valence-electron chi connectivity index (χ2n) is 4.43. The normalized spacial score (nSPS) is 17.3. The number of nitrogens with zero attached hydrogens (tertiary/aromatic N) is 1. The van der Waals surface area contributed by atoms with Crippen LogP contribution in [0.4, 0.5) is 0 Å². The summed E-state index contributed by atoms with van der Waals surface area (Å²) in [6, 6.07) is 7.67. The molecule has 0 N–H and O–H groups in total. The van der Waals surface area contributed by atoms with Crippen molar-refractivity contribution in [2.45, 2.75) is 12.8 Å². The standard InChI is InChI=1S/C14H19NO3/c1-11(12-3-5-13(17-2)6-4-12)14(16)15-7-9-18-10-8-15/h3-6,11H,7-10H2,1-2H3. The Kier molecular flexibility index (Phi) is 4.20. The van der Waals surface area contributed by atoms with Gasteiger partial charge in [-0.05, 0) is 24.6 Å². The average Bonchev–Trinajstić information content (AvgIpc) is 2.47. The molecule has 1 aliphatic heterocycles. The highest BCUT2D eigenvalue weighted by atomic mass is 16.5. The third-order valence-corrected chi connectivity index (χ3v) is 3.31. The molecule has 1 aliphatic rings. The van der Waals surface area contributed by atoms with Crippen molar-refractivity contribution >= 4 is 5.91 Å². The van der Waals surface area contributed by atoms with Crippen LogP contribution in [0.1, 0.15) is 18.4 Å². The lowest BCUT2D eigenvalue weighted by Crippen LogP contribution is -2.42. The van der Waals surface area contributed by atoms with Crippen LogP contribution in [0, 0.1) is 0 Å². The first-order valence-corrected chi connectivity index (χ1v) is 6.23. The molecule has 0 aliphatic carbocycles. The maximum atomic E-state index is 12.3. The van der Waals surface area contributed by atoms with Gasteiger partial charge in [-0.2, -0.15) is 0 Å². The summed E-state index contributed by atoms with van der Waals surface area (Å²) >= 11 is 0. The second-order valence-corrected chi connectivity index (χ2v) is 4.43. The number of rotatable bonds is 3. The fraction of sp³-hybridized carbons (Fsp3) is 0.500. The van der Waals surface area contributed by atoms with Crippen LogP contribution in [0.5, 0.6) is 5.75 Å². The number of hydrogen-bond donors (Lipinski definition) is 0. The lowest BCUT2D eigenvalue weighted by Gasteiger charge is -2.29. The first-order chi connectivity index (χ1) is 8.72. The Hall–Kier alpha value is -1.55. The molecule has 18 heavy (non-hydrogen) atoms. The Labute approximate surface area is 107 Å². The molecule has 2 rings (SSSR count). The Morgan fingerprint density at radius 2 is 1.89 bits per heavy atom. The van der Waals surface area contributed by atoms with Crippen LogP contribution in [-0.2, 0) is 9.53 Å². The average molecular weight is 249 g/mol. The molecule has 0 spiro atoms. The summed E-state index contributed by atoms with van der Waals surface area (Å²) in [6.45, 7) is 4.61. The van der Waals surface area contributed by atoms with Crippen LogP contribution >= 0.6 is 0 Å². The number of methoxy groups -OCH3 is 1. The third-order valence-electron chi connectivity index (χ3n) is 3.31. The Balaban J connectivity index is 2.04. The van der Waals surface area contributed by atoms with Crippen LogP contribution in [0.25, 0.3) is 0 Å². The minimum absolute atomic E-state index is 0.117. The van der Waals surface area contributed by atoms with Crippen molar-refractivity contribution in [3.05, 3.63) is 29.8 Å². The van der Waals surface area contributed by atoms with Crippen LogP contribution in [0.3, 0.4) is 0 Å². The summed E-state index contributed by atoms with van der Waals surface area (Å²) in [6.07, 6.45) is 0. The summed E-state index contributed by atoms with van der Waals surface area (Å²) in [5.74, 6) is 0.863. The SMILES string of the molecule is COc1ccc(C(C)C(=O)N2CCOCC2)cc1. The van der Waals surface area contributed by atoms with Crippen molar-refractivity contribution in [2.24, 2.45) is 0 Å². The van der Waals surface area contributed by atoms with E-state index in [2.05, 4.69) is 0 Å². The van der Waals surface area contributed by atoms with E-state index >= 15 is 0 Å². The molecule has 1 saturated heterocycles. The van der Waals surface area contributed by atoms with E-state index in [1.807, 2.05) is 36.1 Å². The molecule has 1 aromatic rings. The minimum Gasteiger partial charge on any atom is -0.497 e. The van der Waals surface area contributed by atoms with Crippen LogP contribution in [-0.4, -0.2) is 44.2 Å². The van der Waals surface area contributed by atoms with E-state index in [0.717, 1.165) is 11.3 Å². The number of hydrogen-bond acceptors (Lipinski definition) is 3. The second kappa shape index (κ2) is 5.87. The summed E-state index contributed by atoms with van der Waals surface area (Å²) < 4.78 is 10.4. The topological polar surface area (TPSA) is 38.8 Å². The molecule has 1 heterocycles. The Morgan fingerprint density at radius 1 is 1.28 bits per heavy atom. The van der Waals surface area contributed by atoms with Gasteiger partial charge in [0.1, 0.15) is 5.75 Å². The largest absolute Gasteiger partial charge is 0.497 e. The van der Waals surface area contributed by atoms with Crippen molar-refractivity contribution in [1.29, 1.82) is 0 Å². The molecule has 0 aromatic heterocycles. The number of carbonyl (C=O) groups is 1. The zero-order chi connectivity index (χ0) is 13.0. The first-order valence-electron chi connectivity index (χ1n) is 6.23. The smallest absolute Gasteiger partial charge is 0.229 e. The number of carbonyl (C=O) groups excluding carboxylic acids is 1. The van der Waals surface area contributed by atoms with Crippen molar-refractivity contribution < 1.29 is 14.3 Å². The zero-order valence-electron chi connectivity index (χ0n) is 10.9. The third kappa shape index (κ3) is 2.82. The maximum absolute atomic E-state index is 12.3. The molecule has 1 fully saturated rings. The van der Waals surface area contributed by atoms with Gasteiger partial charge < -0.3 is 14.4 Å². The summed E-state index contributed by atoms with van der Waals surface area (Å²) in [4.78, 5) is 14.2. The minimum atomic E-state index is -0.117. The van der Waals surface area contributed by atoms with E-state index in [-0.39, 0.29) is 11.8 Å². The van der Waals surface area contributed by atoms with Crippen molar-refractivity contribution in [2.75, 3.05) is 33.4 Å². The molecule has 0 radical (unpaired) electrons. The molecule has 1 amide bonds. The van der Waals surface area contributed by atoms with E-state index in [9.17, 15) is 4.79 Å². The van der Waals surface area contributed by atoms with Gasteiger partial charge in [0, 0.05) is 13.1 Å². The summed E-state index contributed by atoms with van der Waals surface area (Å²) in [5.41, 5.74) is 1.02. The fourth-order valence-electron chi connectivity index (χ4n) is 2.09. The number of ether oxygens (including phenoxy) is 2. The highest BCUT2D eigenvalue weighted by molar-refractivity contribution is 5.83. The molecule has 4 heteroatoms. The van der Waals surface area contributed by atoms with Crippen molar-refractivity contribution in [3.8, 4) is 5.75 Å². The highest BCUT2D eigenvalue weighted by Crippen LogP contribution is 2.21. The van der Waals surface area contributed by atoms with Crippen LogP contribution in [0.2, 0.25) is 0 Å². The lowest BCUT2D eigenvalue weighted by molar-refractivity contribution is -0.136. The predicted octanol–water partition coefficient (Wildman–Crippen LogP) is 1.66. The van der Waals surface area contributed by atoms with Gasteiger partial charge in [-0.15, -0.1) is 0 Å². The molecule has 98 valence electrons. The molecule has 1 atom stereocenters. The number of morpholine rings is 1. The van der Waals surface area contributed by atoms with Crippen LogP contribution < -0.4 is 4.74 Å². The summed E-state index contributed by atoms with van der Waals surface area (Å²) in [7, 11) is 1.64. The molecular formula is C14H19NO3. The van der Waals surface area contributed by atoms with Gasteiger partial charge >= 0.3 is 0 Å². The van der Waals surface area contributed by atoms with Gasteiger partial charge in [0.25, 0.3) is 0 Å². The molecular weight excluding hydrogens is 230 g/mol. The van der Waals surface area contributed by atoms with Gasteiger partial charge in [-0.25, -0.2) is 0 Å². The number of amides is 1. The van der Waals surface area contributed by atoms with Crippen molar-refractivity contribution in [3.63, 3.8) is 0 Å².